The number of hydrogen-bond acceptors (Lipinski definition) is 4. The number of amides is 1. The van der Waals surface area contributed by atoms with E-state index < -0.39 is 0 Å². The number of hydrogen-bond donors (Lipinski definition) is 1. The van der Waals surface area contributed by atoms with Gasteiger partial charge in [-0.15, -0.1) is 11.3 Å². The average Bonchev–Trinajstić information content (AvgIpc) is 2.86. The van der Waals surface area contributed by atoms with E-state index in [0.29, 0.717) is 0 Å². The number of carbonyl (C=O) groups excluding carboxylic acids is 1. The van der Waals surface area contributed by atoms with Gasteiger partial charge in [0.2, 0.25) is 5.91 Å². The first kappa shape index (κ1) is 11.9. The quantitative estimate of drug-likeness (QED) is 0.918. The van der Waals surface area contributed by atoms with Crippen LogP contribution in [0.25, 0.3) is 0 Å². The molecule has 4 nitrogen and oxygen atoms in total. The highest BCUT2D eigenvalue weighted by Gasteiger charge is 2.59. The van der Waals surface area contributed by atoms with Crippen LogP contribution >= 0.6 is 11.3 Å². The predicted octanol–water partition coefficient (Wildman–Crippen LogP) is 1.89. The summed E-state index contributed by atoms with van der Waals surface area (Å²) in [6.45, 7) is 1.57. The van der Waals surface area contributed by atoms with Crippen LogP contribution in [0.2, 0.25) is 0 Å². The van der Waals surface area contributed by atoms with Gasteiger partial charge in [0.15, 0.2) is 0 Å². The molecule has 2 saturated heterocycles. The van der Waals surface area contributed by atoms with Gasteiger partial charge in [-0.3, -0.25) is 10.1 Å². The lowest BCUT2D eigenvalue weighted by molar-refractivity contribution is -0.132. The third kappa shape index (κ3) is 1.91. The molecule has 2 atom stereocenters. The van der Waals surface area contributed by atoms with Crippen molar-refractivity contribution in [2.45, 2.75) is 43.5 Å². The molecule has 2 aliphatic heterocycles. The van der Waals surface area contributed by atoms with Crippen LogP contribution in [0.1, 0.15) is 36.7 Å². The molecule has 0 radical (unpaired) electrons. The van der Waals surface area contributed by atoms with Gasteiger partial charge in [-0.25, -0.2) is 0 Å². The van der Waals surface area contributed by atoms with E-state index in [2.05, 4.69) is 16.8 Å². The van der Waals surface area contributed by atoms with E-state index in [1.807, 2.05) is 11.0 Å². The van der Waals surface area contributed by atoms with Crippen LogP contribution < -0.4 is 5.32 Å². The van der Waals surface area contributed by atoms with Gasteiger partial charge in [0, 0.05) is 18.0 Å². The Hall–Kier alpha value is -0.910. The number of rotatable bonds is 3. The van der Waals surface area contributed by atoms with E-state index in [0.717, 1.165) is 38.8 Å². The maximum absolute atomic E-state index is 12.6. The summed E-state index contributed by atoms with van der Waals surface area (Å²) in [4.78, 5) is 15.8. The number of thiophene rings is 1. The largest absolute Gasteiger partial charge is 0.376 e. The SMILES string of the molecule is O=C1N(CC2CCCO2)C(c2cccs2)NC12CC2. The molecule has 3 fully saturated rings. The van der Waals surface area contributed by atoms with Crippen molar-refractivity contribution in [2.24, 2.45) is 0 Å². The van der Waals surface area contributed by atoms with Gasteiger partial charge in [-0.2, -0.15) is 0 Å². The van der Waals surface area contributed by atoms with Crippen molar-refractivity contribution in [3.63, 3.8) is 0 Å². The first-order valence-electron chi connectivity index (χ1n) is 7.02. The van der Waals surface area contributed by atoms with Crippen LogP contribution in [0, 0.1) is 0 Å². The molecule has 3 aliphatic rings. The third-order valence-electron chi connectivity index (χ3n) is 4.38. The van der Waals surface area contributed by atoms with Gasteiger partial charge in [-0.1, -0.05) is 6.07 Å². The van der Waals surface area contributed by atoms with Crippen LogP contribution in [-0.2, 0) is 9.53 Å². The first-order chi connectivity index (χ1) is 9.28. The summed E-state index contributed by atoms with van der Waals surface area (Å²) in [6.07, 6.45) is 4.44. The summed E-state index contributed by atoms with van der Waals surface area (Å²) in [5, 5.41) is 5.62. The Morgan fingerprint density at radius 3 is 3.05 bits per heavy atom. The molecule has 1 aromatic heterocycles. The molecular weight excluding hydrogens is 260 g/mol. The van der Waals surface area contributed by atoms with Crippen LogP contribution in [0.5, 0.6) is 0 Å². The molecule has 4 rings (SSSR count). The number of nitrogens with zero attached hydrogens (tertiary/aromatic N) is 1. The second-order valence-electron chi connectivity index (χ2n) is 5.74. The predicted molar refractivity (Wildman–Crippen MR) is 72.8 cm³/mol. The van der Waals surface area contributed by atoms with Gasteiger partial charge >= 0.3 is 0 Å². The van der Waals surface area contributed by atoms with Gasteiger partial charge < -0.3 is 9.64 Å². The lowest BCUT2D eigenvalue weighted by atomic mass is 10.2. The zero-order chi connectivity index (χ0) is 12.9. The van der Waals surface area contributed by atoms with Gasteiger partial charge in [0.25, 0.3) is 0 Å². The topological polar surface area (TPSA) is 41.6 Å². The van der Waals surface area contributed by atoms with Gasteiger partial charge in [0.05, 0.1) is 6.10 Å². The Morgan fingerprint density at radius 2 is 2.42 bits per heavy atom. The number of carbonyl (C=O) groups is 1. The number of ether oxygens (including phenoxy) is 1. The Balaban J connectivity index is 1.58. The Bertz CT molecular complexity index is 478. The van der Waals surface area contributed by atoms with Gasteiger partial charge in [0.1, 0.15) is 11.7 Å². The first-order valence-corrected chi connectivity index (χ1v) is 7.90. The number of nitrogens with one attached hydrogen (secondary N) is 1. The normalized spacial score (nSPS) is 32.4. The summed E-state index contributed by atoms with van der Waals surface area (Å²) in [7, 11) is 0. The van der Waals surface area contributed by atoms with E-state index in [-0.39, 0.29) is 23.7 Å². The second kappa shape index (κ2) is 4.30. The minimum Gasteiger partial charge on any atom is -0.376 e. The molecule has 1 aromatic rings. The fourth-order valence-corrected chi connectivity index (χ4v) is 3.93. The molecule has 0 aromatic carbocycles. The van der Waals surface area contributed by atoms with Crippen molar-refractivity contribution in [1.82, 2.24) is 10.2 Å². The van der Waals surface area contributed by atoms with Crippen LogP contribution in [0.4, 0.5) is 0 Å². The summed E-state index contributed by atoms with van der Waals surface area (Å²) in [6, 6.07) is 4.16. The summed E-state index contributed by atoms with van der Waals surface area (Å²) < 4.78 is 5.70. The highest BCUT2D eigenvalue weighted by atomic mass is 32.1. The van der Waals surface area contributed by atoms with E-state index >= 15 is 0 Å². The molecule has 0 bridgehead atoms. The van der Waals surface area contributed by atoms with Crippen molar-refractivity contribution in [1.29, 1.82) is 0 Å². The van der Waals surface area contributed by atoms with Crippen LogP contribution in [-0.4, -0.2) is 35.6 Å². The van der Waals surface area contributed by atoms with Gasteiger partial charge in [-0.05, 0) is 37.1 Å². The fraction of sp³-hybridized carbons (Fsp3) is 0.643. The zero-order valence-corrected chi connectivity index (χ0v) is 11.6. The molecule has 102 valence electrons. The van der Waals surface area contributed by atoms with Crippen molar-refractivity contribution in [3.05, 3.63) is 22.4 Å². The maximum atomic E-state index is 12.6. The zero-order valence-electron chi connectivity index (χ0n) is 10.8. The molecular formula is C14H18N2O2S. The summed E-state index contributed by atoms with van der Waals surface area (Å²) >= 11 is 1.72. The minimum atomic E-state index is -0.243. The maximum Gasteiger partial charge on any atom is 0.244 e. The Morgan fingerprint density at radius 1 is 1.53 bits per heavy atom. The van der Waals surface area contributed by atoms with Crippen molar-refractivity contribution in [3.8, 4) is 0 Å². The second-order valence-corrected chi connectivity index (χ2v) is 6.72. The van der Waals surface area contributed by atoms with E-state index in [4.69, 9.17) is 4.74 Å². The third-order valence-corrected chi connectivity index (χ3v) is 5.31. The molecule has 3 heterocycles. The molecule has 1 saturated carbocycles. The lowest BCUT2D eigenvalue weighted by Gasteiger charge is -2.25. The smallest absolute Gasteiger partial charge is 0.244 e. The molecule has 5 heteroatoms. The average molecular weight is 278 g/mol. The Labute approximate surface area is 116 Å². The lowest BCUT2D eigenvalue weighted by Crippen LogP contribution is -2.37. The monoisotopic (exact) mass is 278 g/mol. The molecule has 1 spiro atoms. The molecule has 2 unspecified atom stereocenters. The molecule has 1 N–H and O–H groups in total. The minimum absolute atomic E-state index is 0.0548. The Kier molecular flexibility index (Phi) is 2.69. The molecule has 19 heavy (non-hydrogen) atoms. The highest BCUT2D eigenvalue weighted by Crippen LogP contribution is 2.46. The highest BCUT2D eigenvalue weighted by molar-refractivity contribution is 7.10. The molecule has 1 aliphatic carbocycles. The standard InChI is InChI=1S/C14H18N2O2S/c17-13-14(5-6-14)15-12(11-4-2-8-19-11)16(13)9-10-3-1-7-18-10/h2,4,8,10,12,15H,1,3,5-7,9H2. The fourth-order valence-electron chi connectivity index (χ4n) is 3.14. The van der Waals surface area contributed by atoms with Crippen LogP contribution in [0.3, 0.4) is 0 Å². The van der Waals surface area contributed by atoms with Crippen molar-refractivity contribution >= 4 is 17.2 Å². The summed E-state index contributed by atoms with van der Waals surface area (Å²) in [5.74, 6) is 0.279. The van der Waals surface area contributed by atoms with Crippen molar-refractivity contribution < 1.29 is 9.53 Å². The van der Waals surface area contributed by atoms with E-state index in [1.165, 1.54) is 4.88 Å². The van der Waals surface area contributed by atoms with Crippen molar-refractivity contribution in [2.75, 3.05) is 13.2 Å². The van der Waals surface area contributed by atoms with E-state index in [1.54, 1.807) is 11.3 Å². The van der Waals surface area contributed by atoms with Crippen LogP contribution in [0.15, 0.2) is 17.5 Å². The summed E-state index contributed by atoms with van der Waals surface area (Å²) in [5.41, 5.74) is -0.243. The molecule has 1 amide bonds. The van der Waals surface area contributed by atoms with E-state index in [9.17, 15) is 4.79 Å².